The van der Waals surface area contributed by atoms with Crippen LogP contribution >= 0.6 is 11.3 Å². The zero-order chi connectivity index (χ0) is 22.9. The van der Waals surface area contributed by atoms with Crippen molar-refractivity contribution < 1.29 is 4.79 Å². The zero-order valence-corrected chi connectivity index (χ0v) is 21.1. The number of nitrogens with one attached hydrogen (secondary N) is 1. The Balaban J connectivity index is 1.24. The maximum atomic E-state index is 12.9. The van der Waals surface area contributed by atoms with Crippen molar-refractivity contribution in [2.45, 2.75) is 109 Å². The van der Waals surface area contributed by atoms with Gasteiger partial charge in [0, 0.05) is 47.6 Å². The van der Waals surface area contributed by atoms with Crippen molar-refractivity contribution in [2.75, 3.05) is 6.54 Å². The topological polar surface area (TPSA) is 75.9 Å². The number of aromatic nitrogens is 4. The Morgan fingerprint density at radius 2 is 1.85 bits per heavy atom. The van der Waals surface area contributed by atoms with Crippen molar-refractivity contribution in [3.63, 3.8) is 0 Å². The van der Waals surface area contributed by atoms with Gasteiger partial charge in [0.25, 0.3) is 0 Å². The minimum atomic E-state index is 0.0790. The molecule has 2 aliphatic heterocycles. The van der Waals surface area contributed by atoms with E-state index in [2.05, 4.69) is 50.7 Å². The fraction of sp³-hybridized carbons (Fsp3) is 0.760. The molecule has 180 valence electrons. The molecule has 1 amide bonds. The first-order valence-electron chi connectivity index (χ1n) is 12.9. The number of hydrogen-bond acceptors (Lipinski definition) is 6. The highest BCUT2D eigenvalue weighted by molar-refractivity contribution is 7.09. The number of nitrogens with zero attached hydrogens (tertiary/aromatic N) is 5. The molecule has 2 aromatic rings. The smallest absolute Gasteiger partial charge is 0.223 e. The number of thiazole rings is 1. The van der Waals surface area contributed by atoms with E-state index in [4.69, 9.17) is 0 Å². The number of piperidine rings is 1. The first-order valence-corrected chi connectivity index (χ1v) is 13.7. The maximum absolute atomic E-state index is 12.9. The van der Waals surface area contributed by atoms with E-state index in [0.717, 1.165) is 37.5 Å². The average Bonchev–Trinajstić information content (AvgIpc) is 3.59. The second-order valence-corrected chi connectivity index (χ2v) is 11.5. The van der Waals surface area contributed by atoms with E-state index < -0.39 is 0 Å². The number of aryl methyl sites for hydroxylation is 1. The van der Waals surface area contributed by atoms with Crippen LogP contribution in [-0.2, 0) is 4.79 Å². The zero-order valence-electron chi connectivity index (χ0n) is 20.2. The van der Waals surface area contributed by atoms with E-state index in [1.54, 1.807) is 11.3 Å². The highest BCUT2D eigenvalue weighted by atomic mass is 32.1. The quantitative estimate of drug-likeness (QED) is 0.601. The lowest BCUT2D eigenvalue weighted by atomic mass is 9.95. The van der Waals surface area contributed by atoms with Gasteiger partial charge in [0.15, 0.2) is 0 Å². The molecule has 2 saturated heterocycles. The van der Waals surface area contributed by atoms with Crippen LogP contribution < -0.4 is 5.32 Å². The van der Waals surface area contributed by atoms with Crippen molar-refractivity contribution in [3.05, 3.63) is 28.2 Å². The van der Waals surface area contributed by atoms with E-state index in [1.807, 2.05) is 11.7 Å². The third-order valence-electron chi connectivity index (χ3n) is 8.15. The lowest BCUT2D eigenvalue weighted by molar-refractivity contribution is -0.125. The Kier molecular flexibility index (Phi) is 6.84. The molecule has 3 aliphatic rings. The minimum absolute atomic E-state index is 0.0790. The Morgan fingerprint density at radius 1 is 1.12 bits per heavy atom. The third kappa shape index (κ3) is 4.74. The number of amides is 1. The summed E-state index contributed by atoms with van der Waals surface area (Å²) in [5.41, 5.74) is 1.88. The van der Waals surface area contributed by atoms with Crippen LogP contribution in [0.2, 0.25) is 0 Å². The van der Waals surface area contributed by atoms with Gasteiger partial charge in [-0.1, -0.05) is 26.7 Å². The van der Waals surface area contributed by atoms with Crippen molar-refractivity contribution >= 4 is 17.2 Å². The van der Waals surface area contributed by atoms with E-state index in [1.165, 1.54) is 43.4 Å². The molecular formula is C25H38N6OS. The van der Waals surface area contributed by atoms with Crippen molar-refractivity contribution in [1.29, 1.82) is 0 Å². The van der Waals surface area contributed by atoms with Gasteiger partial charge in [-0.25, -0.2) is 0 Å². The summed E-state index contributed by atoms with van der Waals surface area (Å²) >= 11 is 1.66. The first kappa shape index (κ1) is 23.0. The van der Waals surface area contributed by atoms with Crippen LogP contribution in [0.25, 0.3) is 0 Å². The third-order valence-corrected chi connectivity index (χ3v) is 9.04. The van der Waals surface area contributed by atoms with Gasteiger partial charge in [0.1, 0.15) is 11.6 Å². The number of hydrogen-bond donors (Lipinski definition) is 1. The fourth-order valence-corrected chi connectivity index (χ4v) is 7.20. The standard InChI is InChI=1S/C25H38N6OS/c1-16(2)24-29-28-17(3)31(24)21-12-19-8-9-20(13-21)30(19)11-10-22(23-14-26-15-33-23)27-25(32)18-6-4-5-7-18/h14-16,18-22H,4-13H2,1-3H3,(H,27,32)/t19?,20?,21?,22-/m0/s1. The maximum Gasteiger partial charge on any atom is 0.223 e. The predicted molar refractivity (Wildman–Crippen MR) is 130 cm³/mol. The Bertz CT molecular complexity index is 921. The molecule has 3 fully saturated rings. The van der Waals surface area contributed by atoms with Crippen LogP contribution in [0.1, 0.15) is 106 Å². The van der Waals surface area contributed by atoms with Crippen LogP contribution in [0, 0.1) is 12.8 Å². The first-order chi connectivity index (χ1) is 16.0. The molecule has 33 heavy (non-hydrogen) atoms. The second-order valence-electron chi connectivity index (χ2n) is 10.6. The van der Waals surface area contributed by atoms with Gasteiger partial charge in [-0.2, -0.15) is 0 Å². The summed E-state index contributed by atoms with van der Waals surface area (Å²) in [4.78, 5) is 21.1. The van der Waals surface area contributed by atoms with Gasteiger partial charge in [-0.05, 0) is 51.9 Å². The summed E-state index contributed by atoms with van der Waals surface area (Å²) in [5, 5.41) is 12.3. The number of rotatable bonds is 8. The summed E-state index contributed by atoms with van der Waals surface area (Å²) in [5.74, 6) is 3.03. The average molecular weight is 471 g/mol. The summed E-state index contributed by atoms with van der Waals surface area (Å²) in [6, 6.07) is 1.81. The number of fused-ring (bicyclic) bond motifs is 2. The fourth-order valence-electron chi connectivity index (χ4n) is 6.49. The molecule has 8 heteroatoms. The summed E-state index contributed by atoms with van der Waals surface area (Å²) < 4.78 is 2.43. The van der Waals surface area contributed by atoms with Crippen molar-refractivity contribution in [1.82, 2.24) is 30.0 Å². The van der Waals surface area contributed by atoms with Crippen molar-refractivity contribution in [3.8, 4) is 0 Å². The molecule has 2 unspecified atom stereocenters. The van der Waals surface area contributed by atoms with Gasteiger partial charge in [-0.3, -0.25) is 14.7 Å². The van der Waals surface area contributed by atoms with Crippen molar-refractivity contribution in [2.24, 2.45) is 5.92 Å². The van der Waals surface area contributed by atoms with Gasteiger partial charge < -0.3 is 9.88 Å². The second kappa shape index (κ2) is 9.82. The molecule has 0 radical (unpaired) electrons. The minimum Gasteiger partial charge on any atom is -0.348 e. The highest BCUT2D eigenvalue weighted by Crippen LogP contribution is 2.42. The Morgan fingerprint density at radius 3 is 2.48 bits per heavy atom. The van der Waals surface area contributed by atoms with Crippen LogP contribution in [0.5, 0.6) is 0 Å². The van der Waals surface area contributed by atoms with E-state index in [-0.39, 0.29) is 17.9 Å². The number of carbonyl (C=O) groups excluding carboxylic acids is 1. The van der Waals surface area contributed by atoms with E-state index in [0.29, 0.717) is 24.0 Å². The summed E-state index contributed by atoms with van der Waals surface area (Å²) in [6.07, 6.45) is 12.3. The molecule has 2 bridgehead atoms. The molecule has 0 spiro atoms. The van der Waals surface area contributed by atoms with Gasteiger partial charge in [0.05, 0.1) is 11.6 Å². The molecule has 5 rings (SSSR count). The molecule has 1 N–H and O–H groups in total. The predicted octanol–water partition coefficient (Wildman–Crippen LogP) is 4.77. The van der Waals surface area contributed by atoms with Crippen LogP contribution in [0.4, 0.5) is 0 Å². The normalized spacial score (nSPS) is 26.8. The lowest BCUT2D eigenvalue weighted by Crippen LogP contribution is -2.45. The van der Waals surface area contributed by atoms with Gasteiger partial charge in [-0.15, -0.1) is 21.5 Å². The van der Waals surface area contributed by atoms with Crippen LogP contribution in [0.15, 0.2) is 11.7 Å². The molecule has 1 saturated carbocycles. The van der Waals surface area contributed by atoms with Crippen LogP contribution in [0.3, 0.4) is 0 Å². The summed E-state index contributed by atoms with van der Waals surface area (Å²) in [7, 11) is 0. The molecular weight excluding hydrogens is 432 g/mol. The monoisotopic (exact) mass is 470 g/mol. The molecule has 4 heterocycles. The lowest BCUT2D eigenvalue weighted by Gasteiger charge is -2.40. The van der Waals surface area contributed by atoms with Gasteiger partial charge in [0.2, 0.25) is 5.91 Å². The largest absolute Gasteiger partial charge is 0.348 e. The SMILES string of the molecule is Cc1nnc(C(C)C)n1C1CC2CCC(C1)N2CC[C@H](NC(=O)C1CCCC1)c1cncs1. The Labute approximate surface area is 201 Å². The van der Waals surface area contributed by atoms with Crippen LogP contribution in [-0.4, -0.2) is 49.2 Å². The molecule has 0 aromatic carbocycles. The van der Waals surface area contributed by atoms with E-state index in [9.17, 15) is 4.79 Å². The molecule has 1 aliphatic carbocycles. The molecule has 3 atom stereocenters. The molecule has 7 nitrogen and oxygen atoms in total. The Hall–Kier alpha value is -1.80. The molecule has 2 aromatic heterocycles. The highest BCUT2D eigenvalue weighted by Gasteiger charge is 2.42. The van der Waals surface area contributed by atoms with E-state index >= 15 is 0 Å². The number of carbonyl (C=O) groups is 1. The van der Waals surface area contributed by atoms with Gasteiger partial charge >= 0.3 is 0 Å². The summed E-state index contributed by atoms with van der Waals surface area (Å²) in [6.45, 7) is 7.56.